The van der Waals surface area contributed by atoms with Crippen molar-refractivity contribution in [2.24, 2.45) is 0 Å². The van der Waals surface area contributed by atoms with Crippen molar-refractivity contribution in [3.05, 3.63) is 23.0 Å². The lowest BCUT2D eigenvalue weighted by Gasteiger charge is -2.27. The second kappa shape index (κ2) is 8.40. The van der Waals surface area contributed by atoms with Crippen LogP contribution in [0.1, 0.15) is 19.8 Å². The number of morpholine rings is 1. The highest BCUT2D eigenvalue weighted by Gasteiger charge is 2.21. The molecule has 1 saturated heterocycles. The van der Waals surface area contributed by atoms with Crippen molar-refractivity contribution in [2.45, 2.75) is 37.9 Å². The Balaban J connectivity index is 2.12. The summed E-state index contributed by atoms with van der Waals surface area (Å²) in [5.74, 6) is 0. The first-order valence-corrected chi connectivity index (χ1v) is 11.2. The minimum absolute atomic E-state index is 0.290. The Hall–Kier alpha value is -1.26. The molecule has 0 saturated carbocycles. The number of aryl methyl sites for hydroxylation is 1. The van der Waals surface area contributed by atoms with Crippen molar-refractivity contribution in [2.75, 3.05) is 40.4 Å². The summed E-state index contributed by atoms with van der Waals surface area (Å²) in [7, 11) is -0.400. The highest BCUT2D eigenvalue weighted by Crippen LogP contribution is 2.24. The number of aromatic nitrogens is 2. The summed E-state index contributed by atoms with van der Waals surface area (Å²) in [6.07, 6.45) is 2.10. The van der Waals surface area contributed by atoms with Crippen LogP contribution in [0.4, 0.5) is 0 Å². The number of imidazole rings is 1. The summed E-state index contributed by atoms with van der Waals surface area (Å²) in [5.41, 5.74) is 1.85. The third kappa shape index (κ3) is 4.12. The van der Waals surface area contributed by atoms with Gasteiger partial charge in [-0.2, -0.15) is 0 Å². The van der Waals surface area contributed by atoms with E-state index in [9.17, 15) is 8.42 Å². The molecule has 7 nitrogen and oxygen atoms in total. The normalized spacial score (nSPS) is 16.4. The Bertz CT molecular complexity index is 957. The molecule has 0 bridgehead atoms. The fraction of sp³-hybridized carbons (Fsp3) is 0.611. The molecule has 1 aliphatic rings. The molecule has 2 aromatic rings. The maximum Gasteiger partial charge on any atom is 0.242 e. The molecule has 0 unspecified atom stereocenters. The third-order valence-electron chi connectivity index (χ3n) is 4.95. The molecule has 150 valence electrons. The molecule has 1 aromatic carbocycles. The second-order valence-electron chi connectivity index (χ2n) is 7.03. The average Bonchev–Trinajstić information content (AvgIpc) is 2.91. The second-order valence-corrected chi connectivity index (χ2v) is 9.54. The molecule has 0 spiro atoms. The van der Waals surface area contributed by atoms with Crippen molar-refractivity contribution < 1.29 is 13.2 Å². The lowest BCUT2D eigenvalue weighted by atomic mass is 10.3. The summed E-state index contributed by atoms with van der Waals surface area (Å²) in [5, 5.41) is 0. The van der Waals surface area contributed by atoms with E-state index in [1.165, 1.54) is 4.31 Å². The molecule has 3 rings (SSSR count). The number of rotatable bonds is 7. The first kappa shape index (κ1) is 20.5. The Kier molecular flexibility index (Phi) is 6.37. The van der Waals surface area contributed by atoms with Crippen LogP contribution in [0.2, 0.25) is 0 Å². The van der Waals surface area contributed by atoms with Crippen LogP contribution in [-0.4, -0.2) is 67.2 Å². The van der Waals surface area contributed by atoms with Crippen LogP contribution in [0.25, 0.3) is 11.0 Å². The van der Waals surface area contributed by atoms with Crippen molar-refractivity contribution in [1.29, 1.82) is 0 Å². The van der Waals surface area contributed by atoms with Gasteiger partial charge in [0, 0.05) is 33.7 Å². The zero-order valence-corrected chi connectivity index (χ0v) is 17.9. The van der Waals surface area contributed by atoms with Gasteiger partial charge in [-0.1, -0.05) is 13.3 Å². The molecule has 2 heterocycles. The number of nitrogens with zero attached hydrogens (tertiary/aromatic N) is 4. The zero-order chi connectivity index (χ0) is 19.6. The molecule has 0 N–H and O–H groups in total. The maximum atomic E-state index is 12.6. The number of hydrogen-bond acceptors (Lipinski definition) is 5. The third-order valence-corrected chi connectivity index (χ3v) is 7.20. The van der Waals surface area contributed by atoms with E-state index >= 15 is 0 Å². The number of ether oxygens (including phenoxy) is 1. The van der Waals surface area contributed by atoms with Gasteiger partial charge >= 0.3 is 0 Å². The number of hydrogen-bond donors (Lipinski definition) is 0. The van der Waals surface area contributed by atoms with Crippen LogP contribution >= 0.6 is 12.2 Å². The van der Waals surface area contributed by atoms with Gasteiger partial charge in [-0.25, -0.2) is 12.7 Å². The monoisotopic (exact) mass is 412 g/mol. The van der Waals surface area contributed by atoms with Crippen LogP contribution < -0.4 is 0 Å². The van der Waals surface area contributed by atoms with Crippen molar-refractivity contribution >= 4 is 33.3 Å². The Morgan fingerprint density at radius 2 is 1.85 bits per heavy atom. The number of sulfonamides is 1. The molecular weight excluding hydrogens is 384 g/mol. The summed E-state index contributed by atoms with van der Waals surface area (Å²) in [6.45, 7) is 6.74. The summed E-state index contributed by atoms with van der Waals surface area (Å²) >= 11 is 5.77. The van der Waals surface area contributed by atoms with Gasteiger partial charge < -0.3 is 13.9 Å². The summed E-state index contributed by atoms with van der Waals surface area (Å²) < 4.78 is 36.8. The van der Waals surface area contributed by atoms with Crippen LogP contribution in [0.15, 0.2) is 23.1 Å². The van der Waals surface area contributed by atoms with Crippen molar-refractivity contribution in [3.8, 4) is 0 Å². The van der Waals surface area contributed by atoms with Gasteiger partial charge in [-0.05, 0) is 36.8 Å². The first-order valence-electron chi connectivity index (χ1n) is 9.32. The molecular formula is C18H28N4O3S2. The van der Waals surface area contributed by atoms with Gasteiger partial charge in [-0.3, -0.25) is 4.90 Å². The number of fused-ring (bicyclic) bond motifs is 1. The predicted octanol–water partition coefficient (Wildman–Crippen LogP) is 2.51. The van der Waals surface area contributed by atoms with E-state index in [0.29, 0.717) is 24.8 Å². The minimum Gasteiger partial charge on any atom is -0.379 e. The molecule has 0 aliphatic carbocycles. The lowest BCUT2D eigenvalue weighted by Crippen LogP contribution is -2.37. The molecule has 9 heteroatoms. The van der Waals surface area contributed by atoms with Gasteiger partial charge in [0.1, 0.15) is 0 Å². The molecule has 0 atom stereocenters. The van der Waals surface area contributed by atoms with Gasteiger partial charge in [0.15, 0.2) is 4.77 Å². The van der Waals surface area contributed by atoms with Crippen LogP contribution in [0.3, 0.4) is 0 Å². The molecule has 0 radical (unpaired) electrons. The van der Waals surface area contributed by atoms with Gasteiger partial charge in [0.2, 0.25) is 10.0 Å². The quantitative estimate of drug-likeness (QED) is 0.654. The average molecular weight is 413 g/mol. The highest BCUT2D eigenvalue weighted by atomic mass is 32.2. The number of unbranched alkanes of at least 4 members (excludes halogenated alkanes) is 1. The Morgan fingerprint density at radius 3 is 2.48 bits per heavy atom. The molecule has 0 amide bonds. The van der Waals surface area contributed by atoms with Crippen molar-refractivity contribution in [3.63, 3.8) is 0 Å². The largest absolute Gasteiger partial charge is 0.379 e. The fourth-order valence-electron chi connectivity index (χ4n) is 3.28. The van der Waals surface area contributed by atoms with Gasteiger partial charge in [0.05, 0.1) is 35.8 Å². The molecule has 27 heavy (non-hydrogen) atoms. The SMILES string of the molecule is CCCCn1c(=S)n(CN2CCOCC2)c2cc(S(=O)(=O)N(C)C)ccc21. The predicted molar refractivity (Wildman–Crippen MR) is 109 cm³/mol. The van der Waals surface area contributed by atoms with E-state index in [1.54, 1.807) is 26.2 Å². The molecule has 1 aliphatic heterocycles. The zero-order valence-electron chi connectivity index (χ0n) is 16.2. The first-order chi connectivity index (χ1) is 12.9. The van der Waals surface area contributed by atoms with E-state index in [1.807, 2.05) is 6.07 Å². The minimum atomic E-state index is -3.50. The van der Waals surface area contributed by atoms with E-state index in [-0.39, 0.29) is 0 Å². The van der Waals surface area contributed by atoms with Gasteiger partial charge in [0.25, 0.3) is 0 Å². The topological polar surface area (TPSA) is 59.7 Å². The number of benzene rings is 1. The summed E-state index contributed by atoms with van der Waals surface area (Å²) in [4.78, 5) is 2.58. The van der Waals surface area contributed by atoms with E-state index < -0.39 is 10.0 Å². The van der Waals surface area contributed by atoms with Crippen molar-refractivity contribution in [1.82, 2.24) is 18.3 Å². The molecule has 1 aromatic heterocycles. The maximum absolute atomic E-state index is 12.6. The van der Waals surface area contributed by atoms with E-state index in [0.717, 1.165) is 48.3 Å². The highest BCUT2D eigenvalue weighted by molar-refractivity contribution is 7.89. The van der Waals surface area contributed by atoms with Crippen LogP contribution in [-0.2, 0) is 28.0 Å². The Labute approximate surface area is 166 Å². The van der Waals surface area contributed by atoms with Crippen LogP contribution in [0.5, 0.6) is 0 Å². The fourth-order valence-corrected chi connectivity index (χ4v) is 4.55. The summed E-state index contributed by atoms with van der Waals surface area (Å²) in [6, 6.07) is 5.31. The smallest absolute Gasteiger partial charge is 0.242 e. The van der Waals surface area contributed by atoms with Crippen LogP contribution in [0, 0.1) is 4.77 Å². The van der Waals surface area contributed by atoms with Gasteiger partial charge in [-0.15, -0.1) is 0 Å². The van der Waals surface area contributed by atoms with E-state index in [2.05, 4.69) is 21.0 Å². The standard InChI is InChI=1S/C18H28N4O3S2/c1-4-5-8-21-16-7-6-15(27(23,24)19(2)3)13-17(16)22(18(21)26)14-20-9-11-25-12-10-20/h6-7,13H,4-5,8-12,14H2,1-3H3. The lowest BCUT2D eigenvalue weighted by molar-refractivity contribution is 0.0238. The molecule has 1 fully saturated rings. The van der Waals surface area contributed by atoms with E-state index in [4.69, 9.17) is 17.0 Å². The Morgan fingerprint density at radius 1 is 1.15 bits per heavy atom.